The molecule has 1 saturated heterocycles. The summed E-state index contributed by atoms with van der Waals surface area (Å²) in [6.07, 6.45) is 0. The van der Waals surface area contributed by atoms with Crippen LogP contribution in [-0.2, 0) is 0 Å². The van der Waals surface area contributed by atoms with Crippen LogP contribution in [0.1, 0.15) is 6.92 Å². The Morgan fingerprint density at radius 1 is 1.19 bits per heavy atom. The zero-order valence-corrected chi connectivity index (χ0v) is 13.1. The Bertz CT molecular complexity index is 451. The molecule has 0 aliphatic carbocycles. The van der Waals surface area contributed by atoms with Crippen LogP contribution in [0.15, 0.2) is 24.3 Å². The molecule has 2 rings (SSSR count). The van der Waals surface area contributed by atoms with Gasteiger partial charge in [0.05, 0.1) is 4.92 Å². The van der Waals surface area contributed by atoms with Crippen molar-refractivity contribution in [1.82, 2.24) is 9.80 Å². The van der Waals surface area contributed by atoms with Crippen molar-refractivity contribution in [2.45, 2.75) is 6.92 Å². The zero-order valence-electron chi connectivity index (χ0n) is 12.2. The number of hydrogen-bond donors (Lipinski definition) is 0. The molecular weight excluding hydrogens is 294 g/mol. The molecule has 0 unspecified atom stereocenters. The first-order valence-corrected chi connectivity index (χ1v) is 7.01. The maximum absolute atomic E-state index is 10.9. The Morgan fingerprint density at radius 3 is 2.43 bits per heavy atom. The van der Waals surface area contributed by atoms with Crippen molar-refractivity contribution in [1.29, 1.82) is 0 Å². The molecule has 0 N–H and O–H groups in total. The highest BCUT2D eigenvalue weighted by molar-refractivity contribution is 5.85. The molecule has 7 heteroatoms. The van der Waals surface area contributed by atoms with Gasteiger partial charge in [-0.15, -0.1) is 12.4 Å². The van der Waals surface area contributed by atoms with Crippen LogP contribution in [0.5, 0.6) is 5.75 Å². The lowest BCUT2D eigenvalue weighted by molar-refractivity contribution is -0.385. The summed E-state index contributed by atoms with van der Waals surface area (Å²) in [5.74, 6) is 0.352. The lowest BCUT2D eigenvalue weighted by atomic mass is 10.3. The summed E-state index contributed by atoms with van der Waals surface area (Å²) in [5.41, 5.74) is 0.0308. The normalized spacial score (nSPS) is 16.2. The van der Waals surface area contributed by atoms with Gasteiger partial charge in [0, 0.05) is 38.8 Å². The Kier molecular flexibility index (Phi) is 7.42. The van der Waals surface area contributed by atoms with Crippen LogP contribution in [0.2, 0.25) is 0 Å². The van der Waals surface area contributed by atoms with Gasteiger partial charge in [0.25, 0.3) is 0 Å². The first kappa shape index (κ1) is 17.7. The Balaban J connectivity index is 0.00000220. The topological polar surface area (TPSA) is 58.8 Å². The number of rotatable bonds is 6. The van der Waals surface area contributed by atoms with Crippen LogP contribution in [0.4, 0.5) is 5.69 Å². The van der Waals surface area contributed by atoms with Gasteiger partial charge in [0.15, 0.2) is 5.75 Å². The van der Waals surface area contributed by atoms with Crippen molar-refractivity contribution in [2.24, 2.45) is 0 Å². The second kappa shape index (κ2) is 8.81. The summed E-state index contributed by atoms with van der Waals surface area (Å²) >= 11 is 0. The average molecular weight is 316 g/mol. The quantitative estimate of drug-likeness (QED) is 0.594. The highest BCUT2D eigenvalue weighted by Crippen LogP contribution is 2.25. The minimum Gasteiger partial charge on any atom is -0.485 e. The van der Waals surface area contributed by atoms with Crippen LogP contribution in [0, 0.1) is 10.1 Å². The van der Waals surface area contributed by atoms with Gasteiger partial charge in [0.1, 0.15) is 6.61 Å². The van der Waals surface area contributed by atoms with Crippen LogP contribution < -0.4 is 4.74 Å². The molecule has 0 saturated carbocycles. The molecule has 1 aromatic rings. The molecule has 0 radical (unpaired) electrons. The molecule has 0 atom stereocenters. The van der Waals surface area contributed by atoms with Gasteiger partial charge in [0.2, 0.25) is 0 Å². The van der Waals surface area contributed by atoms with E-state index >= 15 is 0 Å². The highest BCUT2D eigenvalue weighted by Gasteiger charge is 2.16. The summed E-state index contributed by atoms with van der Waals surface area (Å²) in [6.45, 7) is 8.81. The molecule has 1 aliphatic rings. The maximum Gasteiger partial charge on any atom is 0.310 e. The fourth-order valence-electron chi connectivity index (χ4n) is 2.34. The molecule has 1 fully saturated rings. The van der Waals surface area contributed by atoms with Crippen molar-refractivity contribution in [3.63, 3.8) is 0 Å². The summed E-state index contributed by atoms with van der Waals surface area (Å²) in [7, 11) is 0. The van der Waals surface area contributed by atoms with E-state index in [1.807, 2.05) is 0 Å². The van der Waals surface area contributed by atoms with Gasteiger partial charge < -0.3 is 9.64 Å². The highest BCUT2D eigenvalue weighted by atomic mass is 35.5. The van der Waals surface area contributed by atoms with E-state index in [2.05, 4.69) is 16.7 Å². The molecule has 118 valence electrons. The fourth-order valence-corrected chi connectivity index (χ4v) is 2.34. The van der Waals surface area contributed by atoms with E-state index < -0.39 is 4.92 Å². The van der Waals surface area contributed by atoms with Crippen LogP contribution in [0.25, 0.3) is 0 Å². The van der Waals surface area contributed by atoms with Gasteiger partial charge in [-0.1, -0.05) is 19.1 Å². The number of ether oxygens (including phenoxy) is 1. The SMILES string of the molecule is CCN1CCN(CCOc2ccccc2[N+](=O)[O-])CC1.Cl. The fraction of sp³-hybridized carbons (Fsp3) is 0.571. The third kappa shape index (κ3) is 5.15. The van der Waals surface area contributed by atoms with E-state index in [1.165, 1.54) is 6.07 Å². The third-order valence-corrected chi connectivity index (χ3v) is 3.64. The second-order valence-corrected chi connectivity index (χ2v) is 4.85. The molecule has 0 bridgehead atoms. The second-order valence-electron chi connectivity index (χ2n) is 4.85. The smallest absolute Gasteiger partial charge is 0.310 e. The van der Waals surface area contributed by atoms with Crippen molar-refractivity contribution in [3.05, 3.63) is 34.4 Å². The van der Waals surface area contributed by atoms with Crippen LogP contribution >= 0.6 is 12.4 Å². The predicted octanol–water partition coefficient (Wildman–Crippen LogP) is 2.03. The van der Waals surface area contributed by atoms with E-state index in [-0.39, 0.29) is 18.1 Å². The molecule has 0 aromatic heterocycles. The molecule has 21 heavy (non-hydrogen) atoms. The Labute approximate surface area is 131 Å². The van der Waals surface area contributed by atoms with E-state index in [9.17, 15) is 10.1 Å². The predicted molar refractivity (Wildman–Crippen MR) is 84.4 cm³/mol. The monoisotopic (exact) mass is 315 g/mol. The molecular formula is C14H22ClN3O3. The van der Waals surface area contributed by atoms with E-state index in [0.717, 1.165) is 39.3 Å². The van der Waals surface area contributed by atoms with Crippen molar-refractivity contribution >= 4 is 18.1 Å². The molecule has 1 aliphatic heterocycles. The first-order valence-electron chi connectivity index (χ1n) is 7.01. The minimum absolute atomic E-state index is 0. The van der Waals surface area contributed by atoms with Gasteiger partial charge in [-0.25, -0.2) is 0 Å². The van der Waals surface area contributed by atoms with E-state index in [1.54, 1.807) is 18.2 Å². The lowest BCUT2D eigenvalue weighted by Crippen LogP contribution is -2.47. The van der Waals surface area contributed by atoms with Crippen molar-refractivity contribution in [2.75, 3.05) is 45.9 Å². The van der Waals surface area contributed by atoms with Gasteiger partial charge in [-0.2, -0.15) is 0 Å². The largest absolute Gasteiger partial charge is 0.485 e. The Hall–Kier alpha value is -1.37. The first-order chi connectivity index (χ1) is 9.70. The number of likely N-dealkylation sites (N-methyl/N-ethyl adjacent to an activating group) is 1. The molecule has 0 amide bonds. The maximum atomic E-state index is 10.9. The van der Waals surface area contributed by atoms with Gasteiger partial charge >= 0.3 is 5.69 Å². The third-order valence-electron chi connectivity index (χ3n) is 3.64. The number of halogens is 1. The number of nitro benzene ring substituents is 1. The summed E-state index contributed by atoms with van der Waals surface area (Å²) in [6, 6.07) is 6.51. The number of nitrogens with zero attached hydrogens (tertiary/aromatic N) is 3. The van der Waals surface area contributed by atoms with Crippen molar-refractivity contribution in [3.8, 4) is 5.75 Å². The van der Waals surface area contributed by atoms with Crippen LogP contribution in [-0.4, -0.2) is 60.6 Å². The number of para-hydroxylation sites is 2. The lowest BCUT2D eigenvalue weighted by Gasteiger charge is -2.33. The molecule has 1 heterocycles. The molecule has 6 nitrogen and oxygen atoms in total. The average Bonchev–Trinajstić information content (AvgIpc) is 2.48. The number of piperazine rings is 1. The summed E-state index contributed by atoms with van der Waals surface area (Å²) in [5, 5.41) is 10.9. The van der Waals surface area contributed by atoms with Gasteiger partial charge in [-0.05, 0) is 12.6 Å². The number of nitro groups is 1. The van der Waals surface area contributed by atoms with E-state index in [0.29, 0.717) is 12.4 Å². The van der Waals surface area contributed by atoms with Crippen LogP contribution in [0.3, 0.4) is 0 Å². The Morgan fingerprint density at radius 2 is 1.81 bits per heavy atom. The molecule has 1 aromatic carbocycles. The summed E-state index contributed by atoms with van der Waals surface area (Å²) in [4.78, 5) is 15.2. The number of benzene rings is 1. The minimum atomic E-state index is -0.407. The standard InChI is InChI=1S/C14H21N3O3.ClH/c1-2-15-7-9-16(10-8-15)11-12-20-14-6-4-3-5-13(14)17(18)19;/h3-6H,2,7-12H2,1H3;1H. The zero-order chi connectivity index (χ0) is 14.4. The van der Waals surface area contributed by atoms with E-state index in [4.69, 9.17) is 4.74 Å². The number of hydrogen-bond acceptors (Lipinski definition) is 5. The van der Waals surface area contributed by atoms with Gasteiger partial charge in [-0.3, -0.25) is 15.0 Å². The summed E-state index contributed by atoms with van der Waals surface area (Å²) < 4.78 is 5.56. The van der Waals surface area contributed by atoms with Crippen molar-refractivity contribution < 1.29 is 9.66 Å². The molecule has 0 spiro atoms.